The van der Waals surface area contributed by atoms with E-state index in [4.69, 9.17) is 0 Å². The minimum atomic E-state index is -0.363. The quantitative estimate of drug-likeness (QED) is 0.831. The number of amides is 2. The molecule has 0 spiro atoms. The van der Waals surface area contributed by atoms with Gasteiger partial charge in [-0.25, -0.2) is 0 Å². The van der Waals surface area contributed by atoms with Crippen LogP contribution in [0.1, 0.15) is 48.0 Å². The summed E-state index contributed by atoms with van der Waals surface area (Å²) in [5, 5.41) is 2.78. The second-order valence-electron chi connectivity index (χ2n) is 6.25. The molecule has 2 atom stereocenters. The molecule has 0 aromatic rings. The molecule has 104 valence electrons. The van der Waals surface area contributed by atoms with E-state index in [9.17, 15) is 9.59 Å². The summed E-state index contributed by atoms with van der Waals surface area (Å²) in [4.78, 5) is 25.9. The first-order chi connectivity index (χ1) is 8.20. The molecule has 0 bridgehead atoms. The molecule has 0 radical (unpaired) electrons. The van der Waals surface area contributed by atoms with Gasteiger partial charge in [0.15, 0.2) is 0 Å². The van der Waals surface area contributed by atoms with E-state index >= 15 is 0 Å². The molecular formula is C14H26N2O2. The SMILES string of the molecule is CCC1NC(=O)C(C)N(CC(C)(C)C(C)C)C1=O. The number of carbonyl (C=O) groups is 2. The molecule has 4 nitrogen and oxygen atoms in total. The zero-order valence-corrected chi connectivity index (χ0v) is 12.4. The van der Waals surface area contributed by atoms with Gasteiger partial charge in [-0.2, -0.15) is 0 Å². The lowest BCUT2D eigenvalue weighted by molar-refractivity contribution is -0.150. The lowest BCUT2D eigenvalue weighted by Crippen LogP contribution is -2.63. The fraction of sp³-hybridized carbons (Fsp3) is 0.857. The number of rotatable bonds is 4. The van der Waals surface area contributed by atoms with E-state index in [1.165, 1.54) is 0 Å². The Hall–Kier alpha value is -1.06. The molecule has 2 unspecified atom stereocenters. The summed E-state index contributed by atoms with van der Waals surface area (Å²) in [5.41, 5.74) is 0.0137. The molecule has 1 aliphatic rings. The molecule has 1 heterocycles. The average molecular weight is 254 g/mol. The topological polar surface area (TPSA) is 49.4 Å². The first kappa shape index (κ1) is 15.0. The van der Waals surface area contributed by atoms with Gasteiger partial charge in [-0.05, 0) is 24.7 Å². The van der Waals surface area contributed by atoms with Gasteiger partial charge in [0.25, 0.3) is 0 Å². The first-order valence-corrected chi connectivity index (χ1v) is 6.81. The van der Waals surface area contributed by atoms with Gasteiger partial charge in [-0.15, -0.1) is 0 Å². The summed E-state index contributed by atoms with van der Waals surface area (Å²) in [6.07, 6.45) is 0.649. The first-order valence-electron chi connectivity index (χ1n) is 6.81. The lowest BCUT2D eigenvalue weighted by Gasteiger charge is -2.42. The largest absolute Gasteiger partial charge is 0.343 e. The molecule has 0 aromatic carbocycles. The molecule has 4 heteroatoms. The predicted octanol–water partition coefficient (Wildman–Crippen LogP) is 1.79. The molecule has 0 saturated carbocycles. The van der Waals surface area contributed by atoms with E-state index in [0.717, 1.165) is 0 Å². The van der Waals surface area contributed by atoms with Crippen LogP contribution in [0.3, 0.4) is 0 Å². The zero-order chi connectivity index (χ0) is 14.1. The van der Waals surface area contributed by atoms with Crippen LogP contribution in [0.4, 0.5) is 0 Å². The number of hydrogen-bond donors (Lipinski definition) is 1. The van der Waals surface area contributed by atoms with Crippen molar-refractivity contribution in [1.82, 2.24) is 10.2 Å². The van der Waals surface area contributed by atoms with Gasteiger partial charge >= 0.3 is 0 Å². The van der Waals surface area contributed by atoms with Crippen LogP contribution in [0.25, 0.3) is 0 Å². The average Bonchev–Trinajstić information content (AvgIpc) is 2.29. The molecule has 1 fully saturated rings. The zero-order valence-electron chi connectivity index (χ0n) is 12.4. The third-order valence-electron chi connectivity index (χ3n) is 4.29. The van der Waals surface area contributed by atoms with E-state index in [1.54, 1.807) is 11.8 Å². The van der Waals surface area contributed by atoms with E-state index in [2.05, 4.69) is 33.0 Å². The number of carbonyl (C=O) groups excluding carboxylic acids is 2. The minimum Gasteiger partial charge on any atom is -0.343 e. The van der Waals surface area contributed by atoms with Crippen molar-refractivity contribution in [2.24, 2.45) is 11.3 Å². The van der Waals surface area contributed by atoms with Gasteiger partial charge in [0.1, 0.15) is 12.1 Å². The maximum absolute atomic E-state index is 12.3. The Labute approximate surface area is 110 Å². The monoisotopic (exact) mass is 254 g/mol. The molecule has 1 aliphatic heterocycles. The summed E-state index contributed by atoms with van der Waals surface area (Å²) in [5.74, 6) is 0.474. The highest BCUT2D eigenvalue weighted by Gasteiger charge is 2.40. The fourth-order valence-corrected chi connectivity index (χ4v) is 2.00. The van der Waals surface area contributed by atoms with Crippen LogP contribution in [0, 0.1) is 11.3 Å². The maximum atomic E-state index is 12.3. The van der Waals surface area contributed by atoms with Crippen molar-refractivity contribution < 1.29 is 9.59 Å². The number of nitrogens with one attached hydrogen (secondary N) is 1. The van der Waals surface area contributed by atoms with Crippen LogP contribution in [0.15, 0.2) is 0 Å². The van der Waals surface area contributed by atoms with Gasteiger partial charge in [-0.3, -0.25) is 9.59 Å². The summed E-state index contributed by atoms with van der Waals surface area (Å²) >= 11 is 0. The standard InChI is InChI=1S/C14H26N2O2/c1-7-11-13(18)16(10(4)12(17)15-11)8-14(5,6)9(2)3/h9-11H,7-8H2,1-6H3,(H,15,17). The van der Waals surface area contributed by atoms with Crippen LogP contribution in [0.5, 0.6) is 0 Å². The normalized spacial score (nSPS) is 25.6. The van der Waals surface area contributed by atoms with Gasteiger partial charge in [0, 0.05) is 6.54 Å². The highest BCUT2D eigenvalue weighted by molar-refractivity contribution is 5.96. The highest BCUT2D eigenvalue weighted by atomic mass is 16.2. The molecule has 2 amide bonds. The van der Waals surface area contributed by atoms with Crippen molar-refractivity contribution in [3.05, 3.63) is 0 Å². The van der Waals surface area contributed by atoms with Gasteiger partial charge < -0.3 is 10.2 Å². The third-order valence-corrected chi connectivity index (χ3v) is 4.29. The maximum Gasteiger partial charge on any atom is 0.245 e. The Morgan fingerprint density at radius 3 is 2.33 bits per heavy atom. The van der Waals surface area contributed by atoms with E-state index in [1.807, 2.05) is 6.92 Å². The van der Waals surface area contributed by atoms with Crippen LogP contribution in [-0.2, 0) is 9.59 Å². The summed E-state index contributed by atoms with van der Waals surface area (Å²) in [7, 11) is 0. The van der Waals surface area contributed by atoms with Crippen LogP contribution < -0.4 is 5.32 Å². The highest BCUT2D eigenvalue weighted by Crippen LogP contribution is 2.29. The Bertz CT molecular complexity index is 337. The molecule has 1 rings (SSSR count). The lowest BCUT2D eigenvalue weighted by atomic mass is 9.80. The van der Waals surface area contributed by atoms with E-state index in [0.29, 0.717) is 18.9 Å². The number of piperazine rings is 1. The minimum absolute atomic E-state index is 0.0137. The molecule has 1 saturated heterocycles. The predicted molar refractivity (Wildman–Crippen MR) is 72.0 cm³/mol. The molecule has 18 heavy (non-hydrogen) atoms. The van der Waals surface area contributed by atoms with Crippen LogP contribution >= 0.6 is 0 Å². The molecule has 0 aromatic heterocycles. The Morgan fingerprint density at radius 2 is 1.89 bits per heavy atom. The van der Waals surface area contributed by atoms with E-state index in [-0.39, 0.29) is 29.3 Å². The summed E-state index contributed by atoms with van der Waals surface area (Å²) < 4.78 is 0. The molecule has 1 N–H and O–H groups in total. The summed E-state index contributed by atoms with van der Waals surface area (Å²) in [6.45, 7) is 12.9. The van der Waals surface area contributed by atoms with Crippen molar-refractivity contribution in [1.29, 1.82) is 0 Å². The Balaban J connectivity index is 2.90. The number of nitrogens with zero attached hydrogens (tertiary/aromatic N) is 1. The van der Waals surface area contributed by atoms with Crippen molar-refractivity contribution >= 4 is 11.8 Å². The smallest absolute Gasteiger partial charge is 0.245 e. The van der Waals surface area contributed by atoms with Gasteiger partial charge in [0.05, 0.1) is 0 Å². The third kappa shape index (κ3) is 2.85. The summed E-state index contributed by atoms with van der Waals surface area (Å²) in [6, 6.07) is -0.713. The molecule has 0 aliphatic carbocycles. The fourth-order valence-electron chi connectivity index (χ4n) is 2.00. The van der Waals surface area contributed by atoms with Gasteiger partial charge in [0.2, 0.25) is 11.8 Å². The Morgan fingerprint density at radius 1 is 1.33 bits per heavy atom. The van der Waals surface area contributed by atoms with Crippen molar-refractivity contribution in [2.45, 2.75) is 60.0 Å². The Kier molecular flexibility index (Phi) is 4.41. The van der Waals surface area contributed by atoms with Crippen molar-refractivity contribution in [3.8, 4) is 0 Å². The molecular weight excluding hydrogens is 228 g/mol. The number of hydrogen-bond acceptors (Lipinski definition) is 2. The van der Waals surface area contributed by atoms with E-state index < -0.39 is 0 Å². The second-order valence-corrected chi connectivity index (χ2v) is 6.25. The van der Waals surface area contributed by atoms with Gasteiger partial charge in [-0.1, -0.05) is 34.6 Å². The van der Waals surface area contributed by atoms with Crippen molar-refractivity contribution in [2.75, 3.05) is 6.54 Å². The van der Waals surface area contributed by atoms with Crippen LogP contribution in [0.2, 0.25) is 0 Å². The van der Waals surface area contributed by atoms with Crippen molar-refractivity contribution in [3.63, 3.8) is 0 Å². The second kappa shape index (κ2) is 5.29. The van der Waals surface area contributed by atoms with Crippen LogP contribution in [-0.4, -0.2) is 35.3 Å².